The summed E-state index contributed by atoms with van der Waals surface area (Å²) in [6, 6.07) is -0.522. The Morgan fingerprint density at radius 2 is 1.71 bits per heavy atom. The fourth-order valence-electron chi connectivity index (χ4n) is 2.32. The molecule has 0 aromatic carbocycles. The largest absolute Gasteiger partial charge is 0.481 e. The molecule has 0 fully saturated rings. The molecule has 0 bridgehead atoms. The number of carboxylic acid groups (broad SMARTS) is 1. The highest BCUT2D eigenvalue weighted by atomic mass is 16.7. The maximum atomic E-state index is 12.0. The first kappa shape index (κ1) is 22.2. The molecule has 0 aliphatic rings. The summed E-state index contributed by atoms with van der Waals surface area (Å²) in [6.45, 7) is 9.25. The predicted molar refractivity (Wildman–Crippen MR) is 89.4 cm³/mol. The molecule has 0 radical (unpaired) electrons. The van der Waals surface area contributed by atoms with Crippen molar-refractivity contribution in [2.45, 2.75) is 79.1 Å². The van der Waals surface area contributed by atoms with Crippen molar-refractivity contribution in [2.24, 2.45) is 11.8 Å². The van der Waals surface area contributed by atoms with Crippen LogP contribution < -0.4 is 5.32 Å². The molecule has 0 rings (SSSR count). The van der Waals surface area contributed by atoms with Gasteiger partial charge in [0.15, 0.2) is 0 Å². The van der Waals surface area contributed by atoms with Crippen LogP contribution in [-0.4, -0.2) is 35.5 Å². The molecule has 7 heteroatoms. The Morgan fingerprint density at radius 3 is 2.17 bits per heavy atom. The zero-order valence-electron chi connectivity index (χ0n) is 15.3. The second-order valence-corrected chi connectivity index (χ2v) is 6.43. The van der Waals surface area contributed by atoms with Gasteiger partial charge in [-0.2, -0.15) is 0 Å². The zero-order valence-corrected chi connectivity index (χ0v) is 15.3. The van der Waals surface area contributed by atoms with Gasteiger partial charge in [0.05, 0.1) is 6.42 Å². The molecule has 2 N–H and O–H groups in total. The van der Waals surface area contributed by atoms with Gasteiger partial charge in [-0.15, -0.1) is 0 Å². The first-order valence-corrected chi connectivity index (χ1v) is 8.57. The zero-order chi connectivity index (χ0) is 18.7. The Labute approximate surface area is 144 Å². The predicted octanol–water partition coefficient (Wildman–Crippen LogP) is 3.32. The number of rotatable bonds is 11. The van der Waals surface area contributed by atoms with Gasteiger partial charge < -0.3 is 19.9 Å². The van der Waals surface area contributed by atoms with Gasteiger partial charge in [0, 0.05) is 18.4 Å². The maximum Gasteiger partial charge on any atom is 0.410 e. The lowest BCUT2D eigenvalue weighted by atomic mass is 9.95. The molecule has 0 saturated carbocycles. The van der Waals surface area contributed by atoms with E-state index in [1.54, 1.807) is 20.8 Å². The van der Waals surface area contributed by atoms with Gasteiger partial charge in [-0.3, -0.25) is 9.59 Å². The lowest BCUT2D eigenvalue weighted by Crippen LogP contribution is -2.41. The highest BCUT2D eigenvalue weighted by Crippen LogP contribution is 2.16. The first-order chi connectivity index (χ1) is 11.2. The first-order valence-electron chi connectivity index (χ1n) is 8.57. The summed E-state index contributed by atoms with van der Waals surface area (Å²) in [7, 11) is 0. The van der Waals surface area contributed by atoms with Crippen LogP contribution in [-0.2, 0) is 19.1 Å². The number of aliphatic carboxylic acids is 1. The fraction of sp³-hybridized carbons (Fsp3) is 0.824. The van der Waals surface area contributed by atoms with Crippen LogP contribution in [0.1, 0.15) is 66.7 Å². The molecule has 1 amide bonds. The van der Waals surface area contributed by atoms with E-state index in [0.29, 0.717) is 12.3 Å². The quantitative estimate of drug-likeness (QED) is 0.440. The van der Waals surface area contributed by atoms with E-state index in [9.17, 15) is 14.4 Å². The number of carbonyl (C=O) groups excluding carboxylic acids is 2. The van der Waals surface area contributed by atoms with Crippen molar-refractivity contribution in [3.8, 4) is 0 Å². The van der Waals surface area contributed by atoms with Gasteiger partial charge in [-0.05, 0) is 12.3 Å². The summed E-state index contributed by atoms with van der Waals surface area (Å²) in [6.07, 6.45) is 0.748. The highest BCUT2D eigenvalue weighted by molar-refractivity contribution is 5.72. The lowest BCUT2D eigenvalue weighted by molar-refractivity contribution is -0.174. The van der Waals surface area contributed by atoms with E-state index in [0.717, 1.165) is 12.8 Å². The molecule has 0 aromatic rings. The van der Waals surface area contributed by atoms with E-state index in [4.69, 9.17) is 14.6 Å². The molecule has 7 nitrogen and oxygen atoms in total. The Kier molecular flexibility index (Phi) is 10.8. The van der Waals surface area contributed by atoms with Crippen LogP contribution in [0.4, 0.5) is 4.79 Å². The van der Waals surface area contributed by atoms with Gasteiger partial charge >= 0.3 is 18.0 Å². The Hall–Kier alpha value is -1.79. The van der Waals surface area contributed by atoms with Crippen LogP contribution in [0.3, 0.4) is 0 Å². The summed E-state index contributed by atoms with van der Waals surface area (Å²) in [5.74, 6) is -1.36. The number of nitrogens with one attached hydrogen (secondary N) is 1. The number of hydrogen-bond acceptors (Lipinski definition) is 5. The van der Waals surface area contributed by atoms with Crippen molar-refractivity contribution in [1.29, 1.82) is 0 Å². The second-order valence-electron chi connectivity index (χ2n) is 6.43. The minimum atomic E-state index is -0.990. The van der Waals surface area contributed by atoms with Gasteiger partial charge in [0.25, 0.3) is 6.29 Å². The minimum Gasteiger partial charge on any atom is -0.481 e. The van der Waals surface area contributed by atoms with Gasteiger partial charge in [-0.1, -0.05) is 47.5 Å². The van der Waals surface area contributed by atoms with Gasteiger partial charge in [0.2, 0.25) is 0 Å². The van der Waals surface area contributed by atoms with E-state index in [2.05, 4.69) is 12.2 Å². The Bertz CT molecular complexity index is 410. The number of hydrogen-bond donors (Lipinski definition) is 2. The monoisotopic (exact) mass is 345 g/mol. The summed E-state index contributed by atoms with van der Waals surface area (Å²) < 4.78 is 10.2. The molecule has 2 unspecified atom stereocenters. The van der Waals surface area contributed by atoms with Crippen molar-refractivity contribution >= 4 is 18.0 Å². The highest BCUT2D eigenvalue weighted by Gasteiger charge is 2.25. The number of alkyl carbamates (subject to hydrolysis) is 1. The number of amides is 1. The molecule has 0 aliphatic heterocycles. The fourth-order valence-corrected chi connectivity index (χ4v) is 2.32. The lowest BCUT2D eigenvalue weighted by Gasteiger charge is -2.24. The number of carboxylic acids is 1. The van der Waals surface area contributed by atoms with Crippen molar-refractivity contribution in [1.82, 2.24) is 5.32 Å². The van der Waals surface area contributed by atoms with Crippen molar-refractivity contribution in [2.75, 3.05) is 0 Å². The van der Waals surface area contributed by atoms with Gasteiger partial charge in [0.1, 0.15) is 0 Å². The van der Waals surface area contributed by atoms with Crippen LogP contribution in [0.5, 0.6) is 0 Å². The van der Waals surface area contributed by atoms with Crippen LogP contribution in [0.25, 0.3) is 0 Å². The third-order valence-corrected chi connectivity index (χ3v) is 3.52. The Morgan fingerprint density at radius 1 is 1.08 bits per heavy atom. The normalized spacial score (nSPS) is 14.6. The van der Waals surface area contributed by atoms with Crippen molar-refractivity contribution in [3.63, 3.8) is 0 Å². The van der Waals surface area contributed by atoms with Crippen LogP contribution >= 0.6 is 0 Å². The molecule has 0 aliphatic carbocycles. The summed E-state index contributed by atoms with van der Waals surface area (Å²) in [5, 5.41) is 11.6. The van der Waals surface area contributed by atoms with Crippen molar-refractivity contribution in [3.05, 3.63) is 0 Å². The van der Waals surface area contributed by atoms with E-state index in [-0.39, 0.29) is 18.8 Å². The smallest absolute Gasteiger partial charge is 0.410 e. The van der Waals surface area contributed by atoms with E-state index >= 15 is 0 Å². The summed E-state index contributed by atoms with van der Waals surface area (Å²) >= 11 is 0. The van der Waals surface area contributed by atoms with Crippen LogP contribution in [0.2, 0.25) is 0 Å². The molecule has 0 aromatic heterocycles. The second kappa shape index (κ2) is 11.7. The molecule has 3 atom stereocenters. The topological polar surface area (TPSA) is 102 Å². The molecule has 140 valence electrons. The van der Waals surface area contributed by atoms with Crippen molar-refractivity contribution < 1.29 is 29.0 Å². The summed E-state index contributed by atoms with van der Waals surface area (Å²) in [5.41, 5.74) is 0. The molecule has 0 saturated heterocycles. The van der Waals surface area contributed by atoms with E-state index < -0.39 is 30.4 Å². The maximum absolute atomic E-state index is 12.0. The molecule has 24 heavy (non-hydrogen) atoms. The molecule has 0 spiro atoms. The van der Waals surface area contributed by atoms with Crippen LogP contribution in [0.15, 0.2) is 0 Å². The standard InChI is InChI=1S/C17H31NO6/c1-6-8-12(5)9-13(10-14(19)20)18-17(22)24-16(11(3)4)23-15(21)7-2/h11-13,16H,6-10H2,1-5H3,(H,18,22)(H,19,20)/t12?,13?,16-/m1/s1. The number of carbonyl (C=O) groups is 3. The molecular weight excluding hydrogens is 314 g/mol. The third kappa shape index (κ3) is 10.1. The minimum absolute atomic E-state index is 0.176. The molecule has 0 heterocycles. The number of ether oxygens (including phenoxy) is 2. The SMILES string of the molecule is CCCC(C)CC(CC(=O)O)NC(=O)O[C@@H](OC(=O)CC)C(C)C. The van der Waals surface area contributed by atoms with Crippen LogP contribution in [0, 0.1) is 11.8 Å². The van der Waals surface area contributed by atoms with E-state index in [1.807, 2.05) is 6.92 Å². The Balaban J connectivity index is 4.71. The average Bonchev–Trinajstić information content (AvgIpc) is 2.45. The summed E-state index contributed by atoms with van der Waals surface area (Å²) in [4.78, 5) is 34.4. The third-order valence-electron chi connectivity index (χ3n) is 3.52. The molecular formula is C17H31NO6. The van der Waals surface area contributed by atoms with E-state index in [1.165, 1.54) is 0 Å². The van der Waals surface area contributed by atoms with Gasteiger partial charge in [-0.25, -0.2) is 4.79 Å². The number of esters is 1. The average molecular weight is 345 g/mol.